The van der Waals surface area contributed by atoms with E-state index in [0.717, 1.165) is 48.4 Å². The van der Waals surface area contributed by atoms with Crippen LogP contribution in [0.15, 0.2) is 48.5 Å². The van der Waals surface area contributed by atoms with Gasteiger partial charge in [-0.3, -0.25) is 4.55 Å². The van der Waals surface area contributed by atoms with Crippen LogP contribution in [0.4, 0.5) is 58.7 Å². The highest BCUT2D eigenvalue weighted by Gasteiger charge is 2.17. The van der Waals surface area contributed by atoms with Crippen LogP contribution in [-0.2, 0) is 19.5 Å². The van der Waals surface area contributed by atoms with Crippen LogP contribution in [-0.4, -0.2) is 127 Å². The van der Waals surface area contributed by atoms with Crippen molar-refractivity contribution in [3.05, 3.63) is 70.8 Å². The van der Waals surface area contributed by atoms with E-state index < -0.39 is 39.7 Å². The molecule has 0 atom stereocenters. The van der Waals surface area contributed by atoms with Gasteiger partial charge in [-0.15, -0.1) is 14.5 Å². The van der Waals surface area contributed by atoms with E-state index in [4.69, 9.17) is 9.81 Å². The molecular weight excluding hydrogens is 845 g/mol. The molecule has 0 aliphatic carbocycles. The van der Waals surface area contributed by atoms with Gasteiger partial charge in [-0.2, -0.15) is 38.3 Å². The maximum atomic E-state index is 11.6. The predicted molar refractivity (Wildman–Crippen MR) is 206 cm³/mol. The first-order valence-corrected chi connectivity index (χ1v) is 18.8. The minimum absolute atomic E-state index is 0.0157. The van der Waals surface area contributed by atoms with Gasteiger partial charge in [0.05, 0.1) is 28.0 Å². The zero-order chi connectivity index (χ0) is 43.4. The summed E-state index contributed by atoms with van der Waals surface area (Å²) in [6, 6.07) is 9.28. The molecule has 0 saturated carbocycles. The van der Waals surface area contributed by atoms with Crippen molar-refractivity contribution in [2.24, 2.45) is 0 Å². The van der Waals surface area contributed by atoms with Gasteiger partial charge in [-0.1, -0.05) is 5.04 Å². The Labute approximate surface area is 338 Å². The summed E-state index contributed by atoms with van der Waals surface area (Å²) in [7, 11) is -4.38. The molecule has 0 aliphatic rings. The lowest BCUT2D eigenvalue weighted by Gasteiger charge is -2.12. The molecule has 30 heteroatoms. The van der Waals surface area contributed by atoms with Gasteiger partial charge >= 0.3 is 23.9 Å². The van der Waals surface area contributed by atoms with E-state index in [-0.39, 0.29) is 99.8 Å². The fourth-order valence-electron chi connectivity index (χ4n) is 4.53. The average Bonchev–Trinajstić information content (AvgIpc) is 3.17. The van der Waals surface area contributed by atoms with E-state index in [2.05, 4.69) is 81.4 Å². The van der Waals surface area contributed by atoms with E-state index in [1.54, 1.807) is 0 Å². The second kappa shape index (κ2) is 19.7. The Hall–Kier alpha value is -7.64. The molecule has 28 nitrogen and oxygen atoms in total. The summed E-state index contributed by atoms with van der Waals surface area (Å²) in [6.07, 6.45) is 0. The fourth-order valence-corrected chi connectivity index (χ4v) is 5.19. The average molecular weight is 873 g/mol. The van der Waals surface area contributed by atoms with E-state index in [0.29, 0.717) is 0 Å². The normalized spacial score (nSPS) is 11.0. The summed E-state index contributed by atoms with van der Waals surface area (Å²) < 4.78 is 35.9. The molecule has 314 valence electrons. The first-order chi connectivity index (χ1) is 28.5. The van der Waals surface area contributed by atoms with Gasteiger partial charge in [0, 0.05) is 42.3 Å². The summed E-state index contributed by atoms with van der Waals surface area (Å²) in [6.45, 7) is -0.186. The van der Waals surface area contributed by atoms with Crippen LogP contribution in [0.3, 0.4) is 0 Å². The summed E-state index contributed by atoms with van der Waals surface area (Å²) in [4.78, 5) is 71.6. The monoisotopic (exact) mass is 872 g/mol. The third-order valence-electron chi connectivity index (χ3n) is 6.97. The maximum Gasteiger partial charge on any atom is 0.335 e. The maximum absolute atomic E-state index is 11.6. The third kappa shape index (κ3) is 13.2. The topological polar surface area (TPSA) is 418 Å². The van der Waals surface area contributed by atoms with Crippen molar-refractivity contribution in [2.45, 2.75) is 0 Å². The number of nitrogens with one attached hydrogen (secondary N) is 6. The summed E-state index contributed by atoms with van der Waals surface area (Å²) in [5.74, 6) is -7.06. The predicted octanol–water partition coefficient (Wildman–Crippen LogP) is 2.39. The molecule has 0 unspecified atom stereocenters. The van der Waals surface area contributed by atoms with Crippen LogP contribution in [0.5, 0.6) is 0 Å². The number of aromatic carboxylic acids is 4. The van der Waals surface area contributed by atoms with Crippen molar-refractivity contribution in [3.8, 4) is 0 Å². The molecule has 0 radical (unpaired) electrons. The van der Waals surface area contributed by atoms with E-state index >= 15 is 0 Å². The molecule has 2 aromatic carbocycles. The molecule has 5 aromatic rings. The minimum atomic E-state index is -4.38. The fraction of sp³-hybridized carbons (Fsp3) is 0.133. The highest BCUT2D eigenvalue weighted by atomic mass is 32.2. The molecule has 12 N–H and O–H groups in total. The number of aromatic nitrogens is 8. The number of rotatable bonds is 22. The summed E-state index contributed by atoms with van der Waals surface area (Å²) >= 11 is 0.743. The number of carboxylic acids is 4. The summed E-state index contributed by atoms with van der Waals surface area (Å²) in [5.41, 5.74) is -1.41. The number of nitrogens with zero attached hydrogens (tertiary/aromatic N) is 8. The number of hydrogen-bond acceptors (Lipinski definition) is 24. The molecule has 0 bridgehead atoms. The Bertz CT molecular complexity index is 2460. The lowest BCUT2D eigenvalue weighted by Crippen LogP contribution is -2.17. The quantitative estimate of drug-likeness (QED) is 0.0156. The van der Waals surface area contributed by atoms with Crippen molar-refractivity contribution >= 4 is 105 Å². The van der Waals surface area contributed by atoms with Crippen molar-refractivity contribution in [1.82, 2.24) is 40.1 Å². The van der Waals surface area contributed by atoms with Crippen molar-refractivity contribution in [2.75, 3.05) is 56.5 Å². The second-order valence-electron chi connectivity index (χ2n) is 11.3. The van der Waals surface area contributed by atoms with Crippen molar-refractivity contribution < 1.29 is 67.2 Å². The van der Waals surface area contributed by atoms with Gasteiger partial charge in [0.25, 0.3) is 10.1 Å². The number of benzene rings is 2. The second-order valence-corrected chi connectivity index (χ2v) is 13.7. The van der Waals surface area contributed by atoms with Gasteiger partial charge in [0.2, 0.25) is 35.7 Å². The highest BCUT2D eigenvalue weighted by Crippen LogP contribution is 2.24. The van der Waals surface area contributed by atoms with Crippen LogP contribution >= 0.6 is 12.0 Å². The minimum Gasteiger partial charge on any atom is -0.478 e. The Kier molecular flexibility index (Phi) is 14.3. The number of carbonyl (C=O) groups is 4. The molecule has 60 heavy (non-hydrogen) atoms. The SMILES string of the molecule is O=C(O)c1cc(Nc2nc(NCCSOOO)nc(Nc3ccc(Nc4nc(NCCS(=O)(=O)O)nc(Nc5cc(C(=O)O)cc(C(=O)O)c5)n4)nn3)n2)cc(C(=O)O)c1. The Morgan fingerprint density at radius 3 is 1.28 bits per heavy atom. The first-order valence-electron chi connectivity index (χ1n) is 16.2. The zero-order valence-electron chi connectivity index (χ0n) is 29.8. The van der Waals surface area contributed by atoms with Crippen LogP contribution in [0.2, 0.25) is 0 Å². The molecular formula is C30H28N14O14S2. The number of anilines is 10. The Balaban J connectivity index is 1.39. The van der Waals surface area contributed by atoms with Crippen LogP contribution in [0.1, 0.15) is 41.4 Å². The largest absolute Gasteiger partial charge is 0.478 e. The standard InChI is InChI=1S/C30H28N14O14S2/c45-21(46)13-7-14(22(47)48)10-17(9-13)33-27-37-25(31-3-5-59-58-57-53)39-29(41-27)35-19-1-2-20(44-43-19)36-30-40-26(32-4-6-60(54,55)56)38-28(42-30)34-18-11-15(23(49)50)8-16(12-18)24(51)52/h1-2,7-12,53H,3-6H2,(H,45,46)(H,47,48)(H,49,50)(H,51,52)(H,54,55,56)(H3,31,33,35,37,39,41,43)(H3,32,34,36,38,40,42,44). The lowest BCUT2D eigenvalue weighted by molar-refractivity contribution is -0.432. The molecule has 3 aromatic heterocycles. The third-order valence-corrected chi connectivity index (χ3v) is 8.22. The molecule has 0 fully saturated rings. The molecule has 3 heterocycles. The van der Waals surface area contributed by atoms with Gasteiger partial charge in [0.1, 0.15) is 0 Å². The molecule has 0 spiro atoms. The van der Waals surface area contributed by atoms with Crippen molar-refractivity contribution in [1.29, 1.82) is 0 Å². The zero-order valence-corrected chi connectivity index (χ0v) is 31.4. The summed E-state index contributed by atoms with van der Waals surface area (Å²) in [5, 5.41) is 74.2. The van der Waals surface area contributed by atoms with Crippen LogP contribution < -0.4 is 31.9 Å². The van der Waals surface area contributed by atoms with Gasteiger partial charge in [-0.25, -0.2) is 24.4 Å². The van der Waals surface area contributed by atoms with Gasteiger partial charge in [0.15, 0.2) is 11.6 Å². The van der Waals surface area contributed by atoms with Gasteiger partial charge in [-0.05, 0) is 48.5 Å². The smallest absolute Gasteiger partial charge is 0.335 e. The Morgan fingerprint density at radius 2 is 0.933 bits per heavy atom. The van der Waals surface area contributed by atoms with Gasteiger partial charge < -0.3 is 52.3 Å². The van der Waals surface area contributed by atoms with E-state index in [1.807, 2.05) is 0 Å². The number of carboxylic acid groups (broad SMARTS) is 4. The molecule has 0 saturated heterocycles. The lowest BCUT2D eigenvalue weighted by atomic mass is 10.1. The van der Waals surface area contributed by atoms with Crippen LogP contribution in [0.25, 0.3) is 0 Å². The molecule has 5 rings (SSSR count). The highest BCUT2D eigenvalue weighted by molar-refractivity contribution is 7.94. The molecule has 0 aliphatic heterocycles. The Morgan fingerprint density at radius 1 is 0.567 bits per heavy atom. The first kappa shape index (κ1) is 43.5. The molecule has 0 amide bonds. The number of hydrogen-bond donors (Lipinski definition) is 12. The van der Waals surface area contributed by atoms with Crippen LogP contribution in [0, 0.1) is 0 Å². The van der Waals surface area contributed by atoms with E-state index in [1.165, 1.54) is 12.1 Å². The van der Waals surface area contributed by atoms with Crippen molar-refractivity contribution in [3.63, 3.8) is 0 Å². The van der Waals surface area contributed by atoms with E-state index in [9.17, 15) is 48.0 Å².